The third kappa shape index (κ3) is 5.61. The Morgan fingerprint density at radius 1 is 0.931 bits per heavy atom. The van der Waals surface area contributed by atoms with Crippen LogP contribution in [0.5, 0.6) is 11.6 Å². The van der Waals surface area contributed by atoms with Crippen molar-refractivity contribution >= 4 is 17.4 Å². The smallest absolute Gasteiger partial charge is 0.416 e. The van der Waals surface area contributed by atoms with Crippen LogP contribution in [0.4, 0.5) is 38.1 Å². The van der Waals surface area contributed by atoms with Crippen LogP contribution in [0.2, 0.25) is 0 Å². The fourth-order valence-electron chi connectivity index (χ4n) is 2.27. The Morgan fingerprint density at radius 2 is 1.59 bits per heavy atom. The molecule has 1 aromatic heterocycles. The lowest BCUT2D eigenvalue weighted by Crippen LogP contribution is -2.20. The zero-order valence-corrected chi connectivity index (χ0v) is 14.3. The summed E-state index contributed by atoms with van der Waals surface area (Å²) in [5.74, 6) is -1.80. The van der Waals surface area contributed by atoms with E-state index in [1.807, 2.05) is 0 Å². The van der Waals surface area contributed by atoms with Gasteiger partial charge in [0.25, 0.3) is 0 Å². The monoisotopic (exact) mass is 410 g/mol. The first kappa shape index (κ1) is 20.0. The van der Waals surface area contributed by atoms with Crippen LogP contribution in [0.25, 0.3) is 0 Å². The number of nitrogens with zero attached hydrogens (tertiary/aromatic N) is 2. The van der Waals surface area contributed by atoms with Crippen molar-refractivity contribution in [3.63, 3.8) is 0 Å². The van der Waals surface area contributed by atoms with E-state index in [0.29, 0.717) is 18.2 Å². The number of carbonyl (C=O) groups excluding carboxylic acids is 1. The number of hydrogen-bond acceptors (Lipinski definition) is 4. The molecule has 29 heavy (non-hydrogen) atoms. The van der Waals surface area contributed by atoms with Gasteiger partial charge < -0.3 is 15.4 Å². The molecule has 0 saturated carbocycles. The van der Waals surface area contributed by atoms with Crippen LogP contribution < -0.4 is 15.4 Å². The summed E-state index contributed by atoms with van der Waals surface area (Å²) >= 11 is 0. The third-order valence-electron chi connectivity index (χ3n) is 3.39. The zero-order chi connectivity index (χ0) is 21.0. The van der Waals surface area contributed by atoms with Crippen molar-refractivity contribution < 1.29 is 31.5 Å². The van der Waals surface area contributed by atoms with Crippen molar-refractivity contribution in [2.24, 2.45) is 0 Å². The van der Waals surface area contributed by atoms with Crippen LogP contribution >= 0.6 is 0 Å². The molecule has 0 aliphatic rings. The Bertz CT molecular complexity index is 1030. The van der Waals surface area contributed by atoms with E-state index in [0.717, 1.165) is 12.1 Å². The van der Waals surface area contributed by atoms with E-state index < -0.39 is 35.1 Å². The van der Waals surface area contributed by atoms with Crippen molar-refractivity contribution in [2.75, 3.05) is 10.6 Å². The molecule has 2 N–H and O–H groups in total. The van der Waals surface area contributed by atoms with E-state index >= 15 is 0 Å². The molecule has 2 amide bonds. The highest BCUT2D eigenvalue weighted by molar-refractivity contribution is 5.99. The first-order valence-electron chi connectivity index (χ1n) is 7.89. The molecular formula is C18H11F5N4O2. The van der Waals surface area contributed by atoms with Crippen molar-refractivity contribution in [3.8, 4) is 11.6 Å². The summed E-state index contributed by atoms with van der Waals surface area (Å²) < 4.78 is 70.7. The molecule has 3 aromatic rings. The molecule has 0 bridgehead atoms. The summed E-state index contributed by atoms with van der Waals surface area (Å²) in [6.45, 7) is 0. The van der Waals surface area contributed by atoms with Crippen LogP contribution in [-0.2, 0) is 6.18 Å². The Labute approximate surface area is 160 Å². The first-order valence-corrected chi connectivity index (χ1v) is 7.89. The quantitative estimate of drug-likeness (QED) is 0.579. The van der Waals surface area contributed by atoms with Gasteiger partial charge in [0.05, 0.1) is 5.56 Å². The fraction of sp³-hybridized carbons (Fsp3) is 0.0556. The van der Waals surface area contributed by atoms with E-state index in [-0.39, 0.29) is 17.3 Å². The predicted molar refractivity (Wildman–Crippen MR) is 92.5 cm³/mol. The van der Waals surface area contributed by atoms with Crippen LogP contribution in [0, 0.1) is 11.6 Å². The number of ether oxygens (including phenoxy) is 1. The molecule has 0 fully saturated rings. The lowest BCUT2D eigenvalue weighted by atomic mass is 10.2. The molecule has 0 unspecified atom stereocenters. The normalized spacial score (nSPS) is 11.1. The third-order valence-corrected chi connectivity index (χ3v) is 3.39. The predicted octanol–water partition coefficient (Wildman–Crippen LogP) is 5.21. The van der Waals surface area contributed by atoms with Crippen LogP contribution in [-0.4, -0.2) is 16.0 Å². The van der Waals surface area contributed by atoms with Gasteiger partial charge in [-0.2, -0.15) is 13.2 Å². The second-order valence-electron chi connectivity index (χ2n) is 5.63. The van der Waals surface area contributed by atoms with Crippen molar-refractivity contribution in [1.82, 2.24) is 9.97 Å². The van der Waals surface area contributed by atoms with Gasteiger partial charge in [0, 0.05) is 35.8 Å². The first-order chi connectivity index (χ1) is 13.7. The summed E-state index contributed by atoms with van der Waals surface area (Å²) in [5.41, 5.74) is -1.75. The fourth-order valence-corrected chi connectivity index (χ4v) is 2.27. The minimum absolute atomic E-state index is 0.00381. The average Bonchev–Trinajstić information content (AvgIpc) is 2.60. The maximum Gasteiger partial charge on any atom is 0.416 e. The molecule has 1 heterocycles. The Balaban J connectivity index is 1.73. The Morgan fingerprint density at radius 3 is 2.21 bits per heavy atom. The van der Waals surface area contributed by atoms with Gasteiger partial charge in [-0.15, -0.1) is 0 Å². The minimum Gasteiger partial charge on any atom is -0.439 e. The number of rotatable bonds is 4. The summed E-state index contributed by atoms with van der Waals surface area (Å²) in [4.78, 5) is 19.5. The number of carbonyl (C=O) groups is 1. The van der Waals surface area contributed by atoms with Gasteiger partial charge in [-0.25, -0.2) is 23.5 Å². The molecule has 11 heteroatoms. The SMILES string of the molecule is O=C(Nc1cc(F)cc(Oc2ccncn2)c1)Nc1cc(F)cc(C(F)(F)F)c1. The molecule has 150 valence electrons. The summed E-state index contributed by atoms with van der Waals surface area (Å²) in [7, 11) is 0. The number of urea groups is 1. The van der Waals surface area contributed by atoms with E-state index in [9.17, 15) is 26.7 Å². The van der Waals surface area contributed by atoms with E-state index in [4.69, 9.17) is 4.74 Å². The molecule has 0 saturated heterocycles. The molecule has 3 rings (SSSR count). The number of anilines is 2. The van der Waals surface area contributed by atoms with E-state index in [2.05, 4.69) is 20.6 Å². The highest BCUT2D eigenvalue weighted by Gasteiger charge is 2.31. The Hall–Kier alpha value is -3.76. The molecule has 0 spiro atoms. The standard InChI is InChI=1S/C18H11F5N4O2/c19-11-3-10(18(21,22)23)4-13(5-11)26-17(28)27-14-6-12(20)7-15(8-14)29-16-1-2-24-9-25-16/h1-9H,(H2,26,27,28). The van der Waals surface area contributed by atoms with Gasteiger partial charge in [0.1, 0.15) is 23.7 Å². The molecule has 0 radical (unpaired) electrons. The maximum atomic E-state index is 13.8. The molecule has 0 atom stereocenters. The Kier molecular flexibility index (Phi) is 5.57. The van der Waals surface area contributed by atoms with Crippen molar-refractivity contribution in [1.29, 1.82) is 0 Å². The van der Waals surface area contributed by atoms with Crippen LogP contribution in [0.3, 0.4) is 0 Å². The summed E-state index contributed by atoms with van der Waals surface area (Å²) in [6, 6.07) is 5.24. The lowest BCUT2D eigenvalue weighted by Gasteiger charge is -2.12. The van der Waals surface area contributed by atoms with Crippen molar-refractivity contribution in [3.05, 3.63) is 72.2 Å². The average molecular weight is 410 g/mol. The molecule has 0 aliphatic carbocycles. The zero-order valence-electron chi connectivity index (χ0n) is 14.3. The van der Waals surface area contributed by atoms with Crippen molar-refractivity contribution in [2.45, 2.75) is 6.18 Å². The van der Waals surface area contributed by atoms with Gasteiger partial charge in [-0.1, -0.05) is 0 Å². The maximum absolute atomic E-state index is 13.8. The minimum atomic E-state index is -4.79. The number of halogens is 5. The second kappa shape index (κ2) is 8.09. The van der Waals surface area contributed by atoms with Gasteiger partial charge in [0.15, 0.2) is 0 Å². The molecule has 0 aliphatic heterocycles. The van der Waals surface area contributed by atoms with Gasteiger partial charge in [-0.05, 0) is 24.3 Å². The number of nitrogens with one attached hydrogen (secondary N) is 2. The highest BCUT2D eigenvalue weighted by Crippen LogP contribution is 2.32. The van der Waals surface area contributed by atoms with E-state index in [1.165, 1.54) is 24.7 Å². The number of amides is 2. The summed E-state index contributed by atoms with van der Waals surface area (Å²) in [5, 5.41) is 4.29. The van der Waals surface area contributed by atoms with Crippen LogP contribution in [0.15, 0.2) is 55.0 Å². The number of aromatic nitrogens is 2. The lowest BCUT2D eigenvalue weighted by molar-refractivity contribution is -0.137. The van der Waals surface area contributed by atoms with E-state index in [1.54, 1.807) is 0 Å². The number of hydrogen-bond donors (Lipinski definition) is 2. The van der Waals surface area contributed by atoms with Crippen LogP contribution in [0.1, 0.15) is 5.56 Å². The topological polar surface area (TPSA) is 76.1 Å². The highest BCUT2D eigenvalue weighted by atomic mass is 19.4. The number of alkyl halides is 3. The summed E-state index contributed by atoms with van der Waals surface area (Å²) in [6.07, 6.45) is -2.16. The van der Waals surface area contributed by atoms with Gasteiger partial charge in [0.2, 0.25) is 5.88 Å². The largest absolute Gasteiger partial charge is 0.439 e. The second-order valence-corrected chi connectivity index (χ2v) is 5.63. The molecule has 2 aromatic carbocycles. The molecule has 6 nitrogen and oxygen atoms in total. The van der Waals surface area contributed by atoms with Gasteiger partial charge >= 0.3 is 12.2 Å². The number of benzene rings is 2. The van der Waals surface area contributed by atoms with Gasteiger partial charge in [-0.3, -0.25) is 0 Å². The molecular weight excluding hydrogens is 399 g/mol.